The third-order valence-electron chi connectivity index (χ3n) is 6.51. The lowest BCUT2D eigenvalue weighted by atomic mass is 10.1. The van der Waals surface area contributed by atoms with Crippen LogP contribution in [0.15, 0.2) is 67.3 Å². The van der Waals surface area contributed by atoms with Gasteiger partial charge in [-0.2, -0.15) is 0 Å². The standard InChI is InChI=1S/C28H29FN8O/c1-19-26(35-28-31-9-7-25(34-28)21-4-3-8-30-16-21)15-23(17-32-19)33-27(38)20-5-6-22(24(29)14-20)18-37-12-10-36(2)11-13-37/h3-9,14-17H,10-13,18H2,1-2H3,(H,33,38)(H,31,34,35). The van der Waals surface area contributed by atoms with Crippen molar-refractivity contribution in [3.8, 4) is 11.3 Å². The van der Waals surface area contributed by atoms with Gasteiger partial charge in [0.2, 0.25) is 5.95 Å². The fourth-order valence-corrected chi connectivity index (χ4v) is 4.21. The van der Waals surface area contributed by atoms with E-state index in [-0.39, 0.29) is 11.4 Å². The molecule has 38 heavy (non-hydrogen) atoms. The molecule has 1 aromatic carbocycles. The molecule has 10 heteroatoms. The quantitative estimate of drug-likeness (QED) is 0.382. The minimum Gasteiger partial charge on any atom is -0.322 e. The summed E-state index contributed by atoms with van der Waals surface area (Å²) in [5, 5.41) is 5.98. The lowest BCUT2D eigenvalue weighted by molar-refractivity contribution is 0.102. The average Bonchev–Trinajstić information content (AvgIpc) is 2.93. The van der Waals surface area contributed by atoms with Gasteiger partial charge in [-0.3, -0.25) is 19.7 Å². The largest absolute Gasteiger partial charge is 0.322 e. The number of pyridine rings is 2. The van der Waals surface area contributed by atoms with E-state index in [9.17, 15) is 9.18 Å². The predicted octanol–water partition coefficient (Wildman–Crippen LogP) is 4.12. The van der Waals surface area contributed by atoms with E-state index in [4.69, 9.17) is 0 Å². The Morgan fingerprint density at radius 2 is 1.87 bits per heavy atom. The van der Waals surface area contributed by atoms with Gasteiger partial charge in [-0.05, 0) is 50.4 Å². The Bertz CT molecular complexity index is 1420. The Kier molecular flexibility index (Phi) is 7.62. The minimum atomic E-state index is -0.415. The van der Waals surface area contributed by atoms with E-state index in [1.807, 2.05) is 19.1 Å². The molecule has 0 bridgehead atoms. The Morgan fingerprint density at radius 1 is 1.03 bits per heavy atom. The van der Waals surface area contributed by atoms with Gasteiger partial charge in [0.15, 0.2) is 0 Å². The van der Waals surface area contributed by atoms with Crippen molar-refractivity contribution < 1.29 is 9.18 Å². The van der Waals surface area contributed by atoms with Crippen molar-refractivity contribution in [2.75, 3.05) is 43.9 Å². The number of anilines is 3. The number of nitrogens with one attached hydrogen (secondary N) is 2. The first-order chi connectivity index (χ1) is 18.4. The zero-order valence-electron chi connectivity index (χ0n) is 21.4. The number of rotatable bonds is 7. The maximum atomic E-state index is 14.8. The van der Waals surface area contributed by atoms with Gasteiger partial charge in [0.05, 0.1) is 29.0 Å². The SMILES string of the molecule is Cc1ncc(NC(=O)c2ccc(CN3CCN(C)CC3)c(F)c2)cc1Nc1nccc(-c2cccnc2)n1. The van der Waals surface area contributed by atoms with Crippen molar-refractivity contribution in [1.82, 2.24) is 29.7 Å². The molecule has 3 aromatic heterocycles. The smallest absolute Gasteiger partial charge is 0.255 e. The first-order valence-corrected chi connectivity index (χ1v) is 12.4. The molecule has 0 saturated carbocycles. The summed E-state index contributed by atoms with van der Waals surface area (Å²) in [5.74, 6) is -0.411. The van der Waals surface area contributed by atoms with Gasteiger partial charge in [-0.25, -0.2) is 14.4 Å². The van der Waals surface area contributed by atoms with Crippen LogP contribution >= 0.6 is 0 Å². The van der Waals surface area contributed by atoms with Crippen molar-refractivity contribution in [2.45, 2.75) is 13.5 Å². The van der Waals surface area contributed by atoms with Crippen LogP contribution in [0.4, 0.5) is 21.7 Å². The molecular weight excluding hydrogens is 483 g/mol. The Morgan fingerprint density at radius 3 is 2.63 bits per heavy atom. The molecule has 0 aliphatic carbocycles. The summed E-state index contributed by atoms with van der Waals surface area (Å²) >= 11 is 0. The summed E-state index contributed by atoms with van der Waals surface area (Å²) in [5.41, 5.74) is 4.24. The normalized spacial score (nSPS) is 14.3. The molecule has 2 N–H and O–H groups in total. The number of aryl methyl sites for hydroxylation is 1. The molecule has 0 radical (unpaired) electrons. The molecule has 1 aliphatic heterocycles. The van der Waals surface area contributed by atoms with Crippen LogP contribution in [0.1, 0.15) is 21.6 Å². The molecule has 9 nitrogen and oxygen atoms in total. The Balaban J connectivity index is 1.26. The average molecular weight is 513 g/mol. The second-order valence-electron chi connectivity index (χ2n) is 9.33. The van der Waals surface area contributed by atoms with Crippen molar-refractivity contribution >= 4 is 23.2 Å². The number of hydrogen-bond acceptors (Lipinski definition) is 8. The molecule has 0 unspecified atom stereocenters. The second kappa shape index (κ2) is 11.4. The van der Waals surface area contributed by atoms with Gasteiger partial charge in [0, 0.05) is 68.0 Å². The number of aromatic nitrogens is 4. The summed E-state index contributed by atoms with van der Waals surface area (Å²) in [6, 6.07) is 12.0. The molecule has 1 fully saturated rings. The molecule has 1 saturated heterocycles. The fraction of sp³-hybridized carbons (Fsp3) is 0.250. The highest BCUT2D eigenvalue weighted by atomic mass is 19.1. The van der Waals surface area contributed by atoms with Gasteiger partial charge in [0.25, 0.3) is 5.91 Å². The van der Waals surface area contributed by atoms with Gasteiger partial charge < -0.3 is 15.5 Å². The predicted molar refractivity (Wildman–Crippen MR) is 145 cm³/mol. The molecule has 1 amide bonds. The molecule has 0 spiro atoms. The van der Waals surface area contributed by atoms with Crippen LogP contribution in [0.25, 0.3) is 11.3 Å². The highest BCUT2D eigenvalue weighted by molar-refractivity contribution is 6.04. The van der Waals surface area contributed by atoms with Gasteiger partial charge in [0.1, 0.15) is 5.82 Å². The molecule has 194 valence electrons. The van der Waals surface area contributed by atoms with Crippen LogP contribution in [0.3, 0.4) is 0 Å². The van der Waals surface area contributed by atoms with Crippen LogP contribution in [0.5, 0.6) is 0 Å². The summed E-state index contributed by atoms with van der Waals surface area (Å²) in [6.07, 6.45) is 6.66. The molecular formula is C28H29FN8O. The van der Waals surface area contributed by atoms with E-state index in [2.05, 4.69) is 47.4 Å². The maximum Gasteiger partial charge on any atom is 0.255 e. The van der Waals surface area contributed by atoms with Gasteiger partial charge in [-0.1, -0.05) is 6.07 Å². The first-order valence-electron chi connectivity index (χ1n) is 12.4. The highest BCUT2D eigenvalue weighted by Gasteiger charge is 2.17. The van der Waals surface area contributed by atoms with Crippen LogP contribution in [-0.2, 0) is 6.54 Å². The number of carbonyl (C=O) groups excluding carboxylic acids is 1. The first kappa shape index (κ1) is 25.4. The summed E-state index contributed by atoms with van der Waals surface area (Å²) in [7, 11) is 2.09. The van der Waals surface area contributed by atoms with Crippen LogP contribution in [-0.4, -0.2) is 68.9 Å². The van der Waals surface area contributed by atoms with Crippen molar-refractivity contribution in [3.63, 3.8) is 0 Å². The third-order valence-corrected chi connectivity index (χ3v) is 6.51. The monoisotopic (exact) mass is 512 g/mol. The topological polar surface area (TPSA) is 99.2 Å². The van der Waals surface area contributed by atoms with E-state index >= 15 is 0 Å². The summed E-state index contributed by atoms with van der Waals surface area (Å²) in [6.45, 7) is 6.09. The van der Waals surface area contributed by atoms with Gasteiger partial charge >= 0.3 is 0 Å². The summed E-state index contributed by atoms with van der Waals surface area (Å²) in [4.78, 5) is 34.7. The third kappa shape index (κ3) is 6.16. The number of nitrogens with zero attached hydrogens (tertiary/aromatic N) is 6. The summed E-state index contributed by atoms with van der Waals surface area (Å²) < 4.78 is 14.8. The number of benzene rings is 1. The van der Waals surface area contributed by atoms with E-state index in [1.165, 1.54) is 6.07 Å². The Labute approximate surface area is 220 Å². The zero-order valence-corrected chi connectivity index (χ0v) is 21.4. The molecule has 5 rings (SSSR count). The number of piperazine rings is 1. The maximum absolute atomic E-state index is 14.8. The molecule has 4 heterocycles. The molecule has 0 atom stereocenters. The van der Waals surface area contributed by atoms with Crippen LogP contribution < -0.4 is 10.6 Å². The number of hydrogen-bond donors (Lipinski definition) is 2. The van der Waals surface area contributed by atoms with Gasteiger partial charge in [-0.15, -0.1) is 0 Å². The number of halogens is 1. The lowest BCUT2D eigenvalue weighted by Gasteiger charge is -2.32. The highest BCUT2D eigenvalue weighted by Crippen LogP contribution is 2.23. The van der Waals surface area contributed by atoms with Crippen molar-refractivity contribution in [2.24, 2.45) is 0 Å². The lowest BCUT2D eigenvalue weighted by Crippen LogP contribution is -2.44. The number of amides is 1. The van der Waals surface area contributed by atoms with E-state index < -0.39 is 5.91 Å². The minimum absolute atomic E-state index is 0.243. The molecule has 4 aromatic rings. The number of carbonyl (C=O) groups is 1. The van der Waals surface area contributed by atoms with Crippen molar-refractivity contribution in [3.05, 3.63) is 89.9 Å². The van der Waals surface area contributed by atoms with E-state index in [0.717, 1.165) is 37.4 Å². The van der Waals surface area contributed by atoms with E-state index in [1.54, 1.807) is 49.1 Å². The van der Waals surface area contributed by atoms with Crippen LogP contribution in [0.2, 0.25) is 0 Å². The Hall–Kier alpha value is -4.28. The zero-order chi connectivity index (χ0) is 26.5. The fourth-order valence-electron chi connectivity index (χ4n) is 4.21. The van der Waals surface area contributed by atoms with Crippen LogP contribution in [0, 0.1) is 12.7 Å². The van der Waals surface area contributed by atoms with Crippen molar-refractivity contribution in [1.29, 1.82) is 0 Å². The molecule has 1 aliphatic rings. The van der Waals surface area contributed by atoms with E-state index in [0.29, 0.717) is 35.1 Å². The number of likely N-dealkylation sites (N-methyl/N-ethyl adjacent to an activating group) is 1. The second-order valence-corrected chi connectivity index (χ2v) is 9.33.